The summed E-state index contributed by atoms with van der Waals surface area (Å²) in [4.78, 5) is 53.3. The quantitative estimate of drug-likeness (QED) is 0.0647. The van der Waals surface area contributed by atoms with E-state index in [0.717, 1.165) is 124 Å². The highest BCUT2D eigenvalue weighted by atomic mass is 35.5. The number of benzene rings is 3. The van der Waals surface area contributed by atoms with Crippen molar-refractivity contribution in [3.8, 4) is 23.1 Å². The number of imide groups is 1. The maximum absolute atomic E-state index is 13.2. The molecule has 0 radical (unpaired) electrons. The van der Waals surface area contributed by atoms with Crippen LogP contribution in [0.1, 0.15) is 102 Å². The number of nitrogens with one attached hydrogen (secondary N) is 3. The number of anilines is 2. The molecule has 5 heterocycles. The molecule has 4 fully saturated rings. The Morgan fingerprint density at radius 1 is 0.899 bits per heavy atom. The summed E-state index contributed by atoms with van der Waals surface area (Å²) < 4.78 is 8.20. The average molecular weight is 951 g/mol. The van der Waals surface area contributed by atoms with Gasteiger partial charge in [-0.25, -0.2) is 9.97 Å². The second kappa shape index (κ2) is 20.7. The van der Waals surface area contributed by atoms with Gasteiger partial charge in [0.05, 0.1) is 41.3 Å². The largest absolute Gasteiger partial charge is 0.489 e. The van der Waals surface area contributed by atoms with Crippen LogP contribution in [-0.2, 0) is 49.2 Å². The van der Waals surface area contributed by atoms with Gasteiger partial charge in [0, 0.05) is 86.3 Å². The number of carbonyl (C=O) groups excluding carboxylic acids is 3. The molecule has 16 heteroatoms. The molecule has 3 aromatic carbocycles. The first kappa shape index (κ1) is 46.4. The van der Waals surface area contributed by atoms with Gasteiger partial charge in [0.15, 0.2) is 0 Å². The molecule has 10 rings (SSSR count). The summed E-state index contributed by atoms with van der Waals surface area (Å²) in [5, 5.41) is 24.8. The van der Waals surface area contributed by atoms with Crippen LogP contribution in [0.2, 0.25) is 5.02 Å². The molecule has 5 aromatic rings. The van der Waals surface area contributed by atoms with E-state index in [-0.39, 0.29) is 24.8 Å². The van der Waals surface area contributed by atoms with Crippen molar-refractivity contribution in [1.29, 1.82) is 5.26 Å². The molecule has 2 saturated carbocycles. The van der Waals surface area contributed by atoms with Crippen LogP contribution < -0.4 is 25.6 Å². The van der Waals surface area contributed by atoms with E-state index >= 15 is 0 Å². The van der Waals surface area contributed by atoms with Crippen molar-refractivity contribution in [2.24, 2.45) is 13.0 Å². The molecule has 358 valence electrons. The van der Waals surface area contributed by atoms with Crippen LogP contribution in [0.25, 0.3) is 11.3 Å². The number of piperidine rings is 1. The standard InChI is InChI=1S/C53H60ClN11O4/c1-62-47(26-34-7-8-34)43(29-58-62)50-45(54)30-57-53(61-50)59-40-16-14-39(15-17-40)56-21-3-4-37-27-41(18-13-38(37)28-55)64-24-22-63(23-25-64)31-35-9-11-36(12-10-35)33-69-48-6-2-5-42-44(48)32-65(52(42)68)46-19-20-49(66)60-51(46)67/h2,5-6,9-13,18,27,29-30,34,39-40,46,56H,3-4,7-8,14-17,19-26,31-33H2,1H3,(H,57,59,61)(H,60,66,67). The summed E-state index contributed by atoms with van der Waals surface area (Å²) in [6.07, 6.45) is 13.7. The van der Waals surface area contributed by atoms with Crippen LogP contribution in [0.15, 0.2) is 73.1 Å². The molecule has 15 nitrogen and oxygen atoms in total. The Bertz CT molecular complexity index is 2730. The first-order valence-corrected chi connectivity index (χ1v) is 25.0. The molecule has 0 spiro atoms. The molecular weight excluding hydrogens is 890 g/mol. The van der Waals surface area contributed by atoms with Gasteiger partial charge in [-0.3, -0.25) is 29.3 Å². The van der Waals surface area contributed by atoms with Crippen LogP contribution >= 0.6 is 11.6 Å². The zero-order valence-electron chi connectivity index (χ0n) is 39.3. The molecule has 3 aliphatic heterocycles. The Morgan fingerprint density at radius 3 is 2.45 bits per heavy atom. The highest BCUT2D eigenvalue weighted by molar-refractivity contribution is 6.33. The number of aryl methyl sites for hydroxylation is 2. The average Bonchev–Trinajstić information content (AvgIpc) is 4.04. The normalized spacial score (nSPS) is 20.7. The number of nitriles is 1. The second-order valence-electron chi connectivity index (χ2n) is 19.4. The van der Waals surface area contributed by atoms with Gasteiger partial charge in [-0.1, -0.05) is 41.9 Å². The first-order valence-electron chi connectivity index (χ1n) is 24.7. The third-order valence-electron chi connectivity index (χ3n) is 14.7. The molecule has 1 unspecified atom stereocenters. The lowest BCUT2D eigenvalue weighted by Crippen LogP contribution is -2.52. The summed E-state index contributed by atoms with van der Waals surface area (Å²) in [7, 11) is 1.99. The van der Waals surface area contributed by atoms with Crippen LogP contribution in [0.4, 0.5) is 11.6 Å². The number of rotatable bonds is 17. The van der Waals surface area contributed by atoms with Gasteiger partial charge in [-0.2, -0.15) is 10.4 Å². The van der Waals surface area contributed by atoms with Crippen molar-refractivity contribution >= 4 is 41.0 Å². The van der Waals surface area contributed by atoms with E-state index < -0.39 is 11.9 Å². The van der Waals surface area contributed by atoms with Crippen LogP contribution in [0.3, 0.4) is 0 Å². The topological polar surface area (TPSA) is 174 Å². The number of nitrogens with zero attached hydrogens (tertiary/aromatic N) is 8. The fourth-order valence-electron chi connectivity index (χ4n) is 10.4. The van der Waals surface area contributed by atoms with E-state index in [2.05, 4.69) is 78.3 Å². The number of amides is 3. The fourth-order valence-corrected chi connectivity index (χ4v) is 10.6. The van der Waals surface area contributed by atoms with Crippen LogP contribution in [0, 0.1) is 17.2 Å². The highest BCUT2D eigenvalue weighted by Crippen LogP contribution is 2.38. The minimum Gasteiger partial charge on any atom is -0.489 e. The summed E-state index contributed by atoms with van der Waals surface area (Å²) in [5.41, 5.74) is 9.55. The number of halogens is 1. The monoisotopic (exact) mass is 949 g/mol. The number of aromatic nitrogens is 4. The smallest absolute Gasteiger partial charge is 0.255 e. The summed E-state index contributed by atoms with van der Waals surface area (Å²) in [5.74, 6) is 1.04. The van der Waals surface area contributed by atoms with E-state index in [0.29, 0.717) is 47.4 Å². The second-order valence-corrected chi connectivity index (χ2v) is 19.8. The van der Waals surface area contributed by atoms with Crippen molar-refractivity contribution < 1.29 is 19.1 Å². The number of hydrogen-bond acceptors (Lipinski definition) is 12. The van der Waals surface area contributed by atoms with Gasteiger partial charge in [-0.05, 0) is 124 Å². The molecule has 0 bridgehead atoms. The van der Waals surface area contributed by atoms with Gasteiger partial charge in [0.2, 0.25) is 17.8 Å². The third kappa shape index (κ3) is 10.8. The molecule has 5 aliphatic rings. The number of carbonyl (C=O) groups is 3. The number of ether oxygens (including phenoxy) is 1. The Kier molecular flexibility index (Phi) is 13.9. The molecule has 69 heavy (non-hydrogen) atoms. The van der Waals surface area contributed by atoms with Crippen molar-refractivity contribution in [3.63, 3.8) is 0 Å². The zero-order chi connectivity index (χ0) is 47.4. The molecule has 1 atom stereocenters. The zero-order valence-corrected chi connectivity index (χ0v) is 40.0. The Morgan fingerprint density at radius 2 is 1.68 bits per heavy atom. The number of hydrogen-bond donors (Lipinski definition) is 3. The fraction of sp³-hybridized carbons (Fsp3) is 0.453. The van der Waals surface area contributed by atoms with E-state index in [1.165, 1.54) is 29.8 Å². The SMILES string of the molecule is Cn1ncc(-c2nc(NC3CCC(NCCCc4cc(N5CCN(Cc6ccc(COc7cccc8c7CN(C7CCC(=O)NC7=O)C8=O)cc6)CC5)ccc4C#N)CC3)ncc2Cl)c1CC1CC1. The van der Waals surface area contributed by atoms with E-state index in [1.54, 1.807) is 23.2 Å². The Hall–Kier alpha value is -6.34. The molecule has 3 N–H and O–H groups in total. The molecule has 2 saturated heterocycles. The lowest BCUT2D eigenvalue weighted by atomic mass is 9.91. The third-order valence-corrected chi connectivity index (χ3v) is 14.9. The highest BCUT2D eigenvalue weighted by Gasteiger charge is 2.40. The Balaban J connectivity index is 0.646. The van der Waals surface area contributed by atoms with E-state index in [4.69, 9.17) is 21.3 Å². The van der Waals surface area contributed by atoms with Crippen molar-refractivity contribution in [2.45, 2.75) is 108 Å². The first-order chi connectivity index (χ1) is 33.6. The van der Waals surface area contributed by atoms with Gasteiger partial charge < -0.3 is 25.2 Å². The van der Waals surface area contributed by atoms with E-state index in [9.17, 15) is 19.6 Å². The van der Waals surface area contributed by atoms with Crippen molar-refractivity contribution in [3.05, 3.63) is 117 Å². The minimum absolute atomic E-state index is 0.212. The molecular formula is C53H60ClN11O4. The summed E-state index contributed by atoms with van der Waals surface area (Å²) in [6, 6.07) is 22.8. The van der Waals surface area contributed by atoms with Crippen molar-refractivity contribution in [2.75, 3.05) is 42.9 Å². The van der Waals surface area contributed by atoms with Gasteiger partial charge in [-0.15, -0.1) is 0 Å². The van der Waals surface area contributed by atoms with Crippen LogP contribution in [0.5, 0.6) is 5.75 Å². The number of piperazine rings is 1. The van der Waals surface area contributed by atoms with Gasteiger partial charge in [0.25, 0.3) is 5.91 Å². The molecule has 2 aliphatic carbocycles. The maximum Gasteiger partial charge on any atom is 0.255 e. The lowest BCUT2D eigenvalue weighted by Gasteiger charge is -2.36. The summed E-state index contributed by atoms with van der Waals surface area (Å²) >= 11 is 6.63. The van der Waals surface area contributed by atoms with Gasteiger partial charge >= 0.3 is 0 Å². The predicted octanol–water partition coefficient (Wildman–Crippen LogP) is 6.96. The Labute approximate surface area is 408 Å². The predicted molar refractivity (Wildman–Crippen MR) is 264 cm³/mol. The summed E-state index contributed by atoms with van der Waals surface area (Å²) in [6.45, 7) is 6.10. The van der Waals surface area contributed by atoms with Crippen LogP contribution in [-0.4, -0.2) is 98.1 Å². The maximum atomic E-state index is 13.2. The minimum atomic E-state index is -0.664. The lowest BCUT2D eigenvalue weighted by molar-refractivity contribution is -0.136. The molecule has 3 amide bonds. The van der Waals surface area contributed by atoms with E-state index in [1.807, 2.05) is 30.1 Å². The number of fused-ring (bicyclic) bond motifs is 1. The van der Waals surface area contributed by atoms with Crippen molar-refractivity contribution in [1.82, 2.24) is 40.2 Å². The molecule has 2 aromatic heterocycles. The van der Waals surface area contributed by atoms with Gasteiger partial charge in [0.1, 0.15) is 18.4 Å².